The molecule has 0 bridgehead atoms. The van der Waals surface area contributed by atoms with Crippen molar-refractivity contribution in [2.24, 2.45) is 5.92 Å². The van der Waals surface area contributed by atoms with Crippen LogP contribution in [0, 0.1) is 5.92 Å². The number of aldehydes is 1. The summed E-state index contributed by atoms with van der Waals surface area (Å²) >= 11 is 0. The molecule has 0 amide bonds. The molecule has 0 N–H and O–H groups in total. The first-order valence-corrected chi connectivity index (χ1v) is 9.01. The Labute approximate surface area is 157 Å². The molecular weight excluding hydrogens is 336 g/mol. The third-order valence-corrected chi connectivity index (χ3v) is 4.37. The number of carbonyl (C=O) groups excluding carboxylic acids is 1. The van der Waals surface area contributed by atoms with E-state index in [1.165, 1.54) is 0 Å². The van der Waals surface area contributed by atoms with Gasteiger partial charge in [-0.3, -0.25) is 4.79 Å². The summed E-state index contributed by atoms with van der Waals surface area (Å²) in [4.78, 5) is 20.4. The van der Waals surface area contributed by atoms with Gasteiger partial charge < -0.3 is 0 Å². The quantitative estimate of drug-likeness (QED) is 0.495. The first kappa shape index (κ1) is 17.1. The molecule has 0 fully saturated rings. The van der Waals surface area contributed by atoms with Crippen LogP contribution in [0.15, 0.2) is 60.8 Å². The number of nitrogens with zero attached hydrogens (tertiary/aromatic N) is 4. The maximum atomic E-state index is 11.0. The highest BCUT2D eigenvalue weighted by atomic mass is 16.1. The molecule has 2 aromatic heterocycles. The van der Waals surface area contributed by atoms with Crippen molar-refractivity contribution in [2.75, 3.05) is 0 Å². The lowest BCUT2D eigenvalue weighted by molar-refractivity contribution is 0.112. The molecule has 0 aliphatic heterocycles. The SMILES string of the molecule is CC(C)Cc1nc2nc(-c3ccc(C=O)cc3)c(-c3ccccc3)cn2n1. The average Bonchev–Trinajstić information content (AvgIpc) is 3.08. The van der Waals surface area contributed by atoms with E-state index < -0.39 is 0 Å². The van der Waals surface area contributed by atoms with Crippen LogP contribution >= 0.6 is 0 Å². The summed E-state index contributed by atoms with van der Waals surface area (Å²) in [6.45, 7) is 4.29. The van der Waals surface area contributed by atoms with E-state index in [2.05, 4.69) is 36.1 Å². The Morgan fingerprint density at radius 3 is 2.37 bits per heavy atom. The van der Waals surface area contributed by atoms with Gasteiger partial charge in [0.25, 0.3) is 5.78 Å². The molecule has 4 aromatic rings. The van der Waals surface area contributed by atoms with Crippen LogP contribution in [0.25, 0.3) is 28.2 Å². The number of benzene rings is 2. The lowest BCUT2D eigenvalue weighted by atomic mass is 10.0. The lowest BCUT2D eigenvalue weighted by Gasteiger charge is -2.10. The summed E-state index contributed by atoms with van der Waals surface area (Å²) in [5.74, 6) is 1.86. The zero-order valence-corrected chi connectivity index (χ0v) is 15.3. The van der Waals surface area contributed by atoms with Crippen LogP contribution in [-0.4, -0.2) is 25.9 Å². The lowest BCUT2D eigenvalue weighted by Crippen LogP contribution is -1.98. The van der Waals surface area contributed by atoms with Gasteiger partial charge in [0.1, 0.15) is 6.29 Å². The monoisotopic (exact) mass is 356 g/mol. The second kappa shape index (κ2) is 7.11. The minimum atomic E-state index is 0.478. The van der Waals surface area contributed by atoms with Crippen LogP contribution in [-0.2, 0) is 6.42 Å². The molecule has 2 heterocycles. The van der Waals surface area contributed by atoms with Crippen molar-refractivity contribution in [1.82, 2.24) is 19.6 Å². The van der Waals surface area contributed by atoms with Gasteiger partial charge in [-0.1, -0.05) is 68.4 Å². The van der Waals surface area contributed by atoms with Crippen LogP contribution in [0.1, 0.15) is 30.0 Å². The molecule has 0 aliphatic rings. The highest BCUT2D eigenvalue weighted by Gasteiger charge is 2.15. The van der Waals surface area contributed by atoms with E-state index in [0.717, 1.165) is 40.9 Å². The van der Waals surface area contributed by atoms with E-state index in [0.29, 0.717) is 17.3 Å². The molecule has 5 nitrogen and oxygen atoms in total. The molecule has 0 spiro atoms. The Balaban J connectivity index is 1.91. The predicted octanol–water partition coefficient (Wildman–Crippen LogP) is 4.47. The van der Waals surface area contributed by atoms with Crippen LogP contribution in [0.2, 0.25) is 0 Å². The van der Waals surface area contributed by atoms with Crippen molar-refractivity contribution in [1.29, 1.82) is 0 Å². The topological polar surface area (TPSA) is 60.2 Å². The van der Waals surface area contributed by atoms with E-state index in [1.807, 2.05) is 36.5 Å². The Hall–Kier alpha value is -3.34. The smallest absolute Gasteiger partial charge is 0.253 e. The van der Waals surface area contributed by atoms with Crippen molar-refractivity contribution in [3.63, 3.8) is 0 Å². The van der Waals surface area contributed by atoms with Crippen LogP contribution in [0.5, 0.6) is 0 Å². The Morgan fingerprint density at radius 2 is 1.70 bits per heavy atom. The summed E-state index contributed by atoms with van der Waals surface area (Å²) < 4.78 is 1.75. The van der Waals surface area contributed by atoms with E-state index in [9.17, 15) is 4.79 Å². The van der Waals surface area contributed by atoms with E-state index >= 15 is 0 Å². The molecule has 0 atom stereocenters. The van der Waals surface area contributed by atoms with Crippen molar-refractivity contribution in [3.05, 3.63) is 72.2 Å². The molecule has 0 saturated heterocycles. The zero-order valence-electron chi connectivity index (χ0n) is 15.3. The van der Waals surface area contributed by atoms with Gasteiger partial charge in [-0.25, -0.2) is 9.50 Å². The predicted molar refractivity (Wildman–Crippen MR) is 106 cm³/mol. The average molecular weight is 356 g/mol. The summed E-state index contributed by atoms with van der Waals surface area (Å²) in [7, 11) is 0. The normalized spacial score (nSPS) is 11.2. The maximum absolute atomic E-state index is 11.0. The second-order valence-electron chi connectivity index (χ2n) is 6.98. The molecular formula is C22H20N4O. The Bertz CT molecular complexity index is 1080. The fourth-order valence-electron chi connectivity index (χ4n) is 3.08. The number of aromatic nitrogens is 4. The van der Waals surface area contributed by atoms with Gasteiger partial charge in [0.05, 0.1) is 5.69 Å². The van der Waals surface area contributed by atoms with Crippen LogP contribution in [0.4, 0.5) is 0 Å². The van der Waals surface area contributed by atoms with E-state index in [4.69, 9.17) is 4.98 Å². The molecule has 0 aliphatic carbocycles. The molecule has 4 rings (SSSR count). The fraction of sp³-hybridized carbons (Fsp3) is 0.182. The number of fused-ring (bicyclic) bond motifs is 1. The van der Waals surface area contributed by atoms with E-state index in [1.54, 1.807) is 16.6 Å². The molecule has 0 unspecified atom stereocenters. The van der Waals surface area contributed by atoms with Gasteiger partial charge in [0, 0.05) is 29.3 Å². The summed E-state index contributed by atoms with van der Waals surface area (Å²) in [6.07, 6.45) is 3.64. The van der Waals surface area contributed by atoms with Gasteiger partial charge in [-0.15, -0.1) is 5.10 Å². The molecule has 134 valence electrons. The largest absolute Gasteiger partial charge is 0.298 e. The van der Waals surface area contributed by atoms with Crippen LogP contribution < -0.4 is 0 Å². The molecule has 27 heavy (non-hydrogen) atoms. The molecule has 0 saturated carbocycles. The van der Waals surface area contributed by atoms with Crippen molar-refractivity contribution in [3.8, 4) is 22.4 Å². The van der Waals surface area contributed by atoms with Crippen molar-refractivity contribution in [2.45, 2.75) is 20.3 Å². The summed E-state index contributed by atoms with van der Waals surface area (Å²) in [6, 6.07) is 17.5. The highest BCUT2D eigenvalue weighted by Crippen LogP contribution is 2.30. The van der Waals surface area contributed by atoms with Gasteiger partial charge in [-0.2, -0.15) is 4.98 Å². The van der Waals surface area contributed by atoms with E-state index in [-0.39, 0.29) is 0 Å². The standard InChI is InChI=1S/C22H20N4O/c1-15(2)12-20-23-22-24-21(18-10-8-16(14-27)9-11-18)19(13-26(22)25-20)17-6-4-3-5-7-17/h3-11,13-15H,12H2,1-2H3. The Morgan fingerprint density at radius 1 is 0.963 bits per heavy atom. The van der Waals surface area contributed by atoms with Crippen molar-refractivity contribution < 1.29 is 4.79 Å². The first-order valence-electron chi connectivity index (χ1n) is 9.01. The maximum Gasteiger partial charge on any atom is 0.253 e. The number of hydrogen-bond donors (Lipinski definition) is 0. The zero-order chi connectivity index (χ0) is 18.8. The summed E-state index contributed by atoms with van der Waals surface area (Å²) in [5.41, 5.74) is 4.44. The minimum Gasteiger partial charge on any atom is -0.298 e. The number of rotatable bonds is 5. The molecule has 0 radical (unpaired) electrons. The Kier molecular flexibility index (Phi) is 4.50. The van der Waals surface area contributed by atoms with Crippen molar-refractivity contribution >= 4 is 12.1 Å². The number of carbonyl (C=O) groups is 1. The van der Waals surface area contributed by atoms with Crippen LogP contribution in [0.3, 0.4) is 0 Å². The number of hydrogen-bond acceptors (Lipinski definition) is 4. The summed E-state index contributed by atoms with van der Waals surface area (Å²) in [5, 5.41) is 4.60. The highest BCUT2D eigenvalue weighted by molar-refractivity contribution is 5.83. The minimum absolute atomic E-state index is 0.478. The second-order valence-corrected chi connectivity index (χ2v) is 6.98. The van der Waals surface area contributed by atoms with Gasteiger partial charge in [-0.05, 0) is 11.5 Å². The van der Waals surface area contributed by atoms with Gasteiger partial charge in [0.15, 0.2) is 5.82 Å². The third kappa shape index (κ3) is 3.49. The first-order chi connectivity index (χ1) is 13.1. The van der Waals surface area contributed by atoms with Gasteiger partial charge >= 0.3 is 0 Å². The molecule has 2 aromatic carbocycles. The molecule has 5 heteroatoms. The van der Waals surface area contributed by atoms with Gasteiger partial charge in [0.2, 0.25) is 0 Å². The third-order valence-electron chi connectivity index (χ3n) is 4.37. The fourth-order valence-corrected chi connectivity index (χ4v) is 3.08.